The number of hydroxylamine groups is 2. The van der Waals surface area contributed by atoms with Crippen molar-refractivity contribution in [1.82, 2.24) is 10.4 Å². The fourth-order valence-electron chi connectivity index (χ4n) is 1.85. The van der Waals surface area contributed by atoms with Crippen LogP contribution in [0.4, 0.5) is 0 Å². The summed E-state index contributed by atoms with van der Waals surface area (Å²) in [6.07, 6.45) is -0.0282. The maximum Gasteiger partial charge on any atom is 0.225 e. The van der Waals surface area contributed by atoms with E-state index < -0.39 is 0 Å². The maximum atomic E-state index is 5.75. The average Bonchev–Trinajstić information content (AvgIpc) is 2.75. The molecule has 1 aromatic carbocycles. The fourth-order valence-corrected chi connectivity index (χ4v) is 1.85. The van der Waals surface area contributed by atoms with Gasteiger partial charge >= 0.3 is 0 Å². The maximum absolute atomic E-state index is 5.75. The van der Waals surface area contributed by atoms with Gasteiger partial charge in [0, 0.05) is 6.04 Å². The first-order valence-electron chi connectivity index (χ1n) is 5.95. The zero-order valence-electron chi connectivity index (χ0n) is 10.6. The van der Waals surface area contributed by atoms with Gasteiger partial charge in [-0.25, -0.2) is 4.99 Å². The summed E-state index contributed by atoms with van der Waals surface area (Å²) in [7, 11) is 1.89. The Bertz CT molecular complexity index is 389. The monoisotopic (exact) mass is 233 g/mol. The molecular formula is C13H19N3O. The van der Waals surface area contributed by atoms with Gasteiger partial charge in [-0.1, -0.05) is 30.3 Å². The third kappa shape index (κ3) is 2.65. The predicted molar refractivity (Wildman–Crippen MR) is 68.6 cm³/mol. The number of benzene rings is 1. The molecule has 1 heterocycles. The largest absolute Gasteiger partial charge is 0.387 e. The molecule has 0 unspecified atom stereocenters. The lowest BCUT2D eigenvalue weighted by molar-refractivity contribution is -0.112. The van der Waals surface area contributed by atoms with Crippen LogP contribution in [0, 0.1) is 0 Å². The molecule has 4 nitrogen and oxygen atoms in total. The Balaban J connectivity index is 2.22. The smallest absolute Gasteiger partial charge is 0.225 e. The van der Waals surface area contributed by atoms with Crippen LogP contribution in [-0.2, 0) is 4.84 Å². The summed E-state index contributed by atoms with van der Waals surface area (Å²) in [5.41, 5.74) is 1.16. The van der Waals surface area contributed by atoms with Crippen LogP contribution in [0.5, 0.6) is 0 Å². The molecule has 0 saturated heterocycles. The highest BCUT2D eigenvalue weighted by atomic mass is 16.7. The average molecular weight is 233 g/mol. The van der Waals surface area contributed by atoms with E-state index in [-0.39, 0.29) is 6.17 Å². The molecule has 0 bridgehead atoms. The molecule has 17 heavy (non-hydrogen) atoms. The van der Waals surface area contributed by atoms with Gasteiger partial charge in [-0.15, -0.1) is 5.06 Å². The molecule has 0 spiro atoms. The van der Waals surface area contributed by atoms with Crippen molar-refractivity contribution in [2.24, 2.45) is 4.99 Å². The Morgan fingerprint density at radius 2 is 2.06 bits per heavy atom. The Morgan fingerprint density at radius 3 is 2.65 bits per heavy atom. The highest BCUT2D eigenvalue weighted by Gasteiger charge is 2.31. The zero-order valence-corrected chi connectivity index (χ0v) is 10.6. The van der Waals surface area contributed by atoms with E-state index >= 15 is 0 Å². The highest BCUT2D eigenvalue weighted by Crippen LogP contribution is 2.29. The van der Waals surface area contributed by atoms with Gasteiger partial charge in [0.2, 0.25) is 5.90 Å². The number of nitrogens with zero attached hydrogens (tertiary/aromatic N) is 2. The van der Waals surface area contributed by atoms with E-state index in [0.29, 0.717) is 12.6 Å². The molecule has 0 amide bonds. The molecule has 1 aromatic rings. The summed E-state index contributed by atoms with van der Waals surface area (Å²) in [6.45, 7) is 4.87. The number of likely N-dealkylation sites (N-methyl/N-ethyl adjacent to an activating group) is 1. The first kappa shape index (κ1) is 12.1. The van der Waals surface area contributed by atoms with Crippen molar-refractivity contribution in [3.8, 4) is 0 Å². The lowest BCUT2D eigenvalue weighted by Gasteiger charge is -2.24. The van der Waals surface area contributed by atoms with Gasteiger partial charge in [-0.05, 0) is 26.5 Å². The summed E-state index contributed by atoms with van der Waals surface area (Å²) < 4.78 is 0. The normalized spacial score (nSPS) is 20.5. The molecular weight excluding hydrogens is 214 g/mol. The van der Waals surface area contributed by atoms with Crippen molar-refractivity contribution in [1.29, 1.82) is 0 Å². The van der Waals surface area contributed by atoms with Gasteiger partial charge in [0.25, 0.3) is 0 Å². The zero-order chi connectivity index (χ0) is 12.3. The Kier molecular flexibility index (Phi) is 3.76. The van der Waals surface area contributed by atoms with Crippen molar-refractivity contribution in [3.05, 3.63) is 35.9 Å². The summed E-state index contributed by atoms with van der Waals surface area (Å²) in [4.78, 5) is 10.4. The molecule has 0 aromatic heterocycles. The first-order valence-corrected chi connectivity index (χ1v) is 5.95. The van der Waals surface area contributed by atoms with E-state index in [4.69, 9.17) is 4.84 Å². The molecule has 1 N–H and O–H groups in total. The van der Waals surface area contributed by atoms with Crippen LogP contribution in [0.1, 0.15) is 25.6 Å². The Morgan fingerprint density at radius 1 is 1.35 bits per heavy atom. The number of hydrogen-bond donors (Lipinski definition) is 1. The molecule has 2 rings (SSSR count). The molecule has 92 valence electrons. The summed E-state index contributed by atoms with van der Waals surface area (Å²) in [5.74, 6) is 0.745. The third-order valence-corrected chi connectivity index (χ3v) is 2.65. The van der Waals surface area contributed by atoms with Crippen LogP contribution in [0.2, 0.25) is 0 Å². The Labute approximate surface area is 102 Å². The summed E-state index contributed by atoms with van der Waals surface area (Å²) >= 11 is 0. The lowest BCUT2D eigenvalue weighted by Crippen LogP contribution is -2.32. The highest BCUT2D eigenvalue weighted by molar-refractivity contribution is 5.79. The first-order chi connectivity index (χ1) is 8.22. The molecule has 0 fully saturated rings. The van der Waals surface area contributed by atoms with Gasteiger partial charge in [0.1, 0.15) is 0 Å². The summed E-state index contributed by atoms with van der Waals surface area (Å²) in [6, 6.07) is 10.5. The van der Waals surface area contributed by atoms with Crippen molar-refractivity contribution in [2.75, 3.05) is 13.6 Å². The van der Waals surface area contributed by atoms with Crippen LogP contribution in [0.25, 0.3) is 0 Å². The molecule has 1 atom stereocenters. The number of rotatable bonds is 4. The van der Waals surface area contributed by atoms with Crippen molar-refractivity contribution >= 4 is 5.90 Å². The standard InChI is InChI=1S/C13H19N3O/c1-10(2)16-13(11-7-5-4-6-8-11)15-12(17-16)9-14-3/h4-8,10,13-14H,9H2,1-3H3/t13-/m1/s1. The van der Waals surface area contributed by atoms with Crippen LogP contribution >= 0.6 is 0 Å². The van der Waals surface area contributed by atoms with Crippen LogP contribution in [-0.4, -0.2) is 30.6 Å². The topological polar surface area (TPSA) is 36.9 Å². The second kappa shape index (κ2) is 5.29. The predicted octanol–water partition coefficient (Wildman–Crippen LogP) is 1.96. The van der Waals surface area contributed by atoms with Crippen molar-refractivity contribution < 1.29 is 4.84 Å². The third-order valence-electron chi connectivity index (χ3n) is 2.65. The van der Waals surface area contributed by atoms with E-state index in [1.807, 2.05) is 30.3 Å². The molecule has 0 radical (unpaired) electrons. The number of aliphatic imine (C=N–C) groups is 1. The van der Waals surface area contributed by atoms with E-state index in [1.54, 1.807) is 0 Å². The van der Waals surface area contributed by atoms with Crippen LogP contribution in [0.3, 0.4) is 0 Å². The second-order valence-corrected chi connectivity index (χ2v) is 4.38. The van der Waals surface area contributed by atoms with Gasteiger partial charge in [0.05, 0.1) is 6.54 Å². The molecule has 0 saturated carbocycles. The summed E-state index contributed by atoms with van der Waals surface area (Å²) in [5, 5.41) is 4.99. The Hall–Kier alpha value is -1.39. The van der Waals surface area contributed by atoms with Crippen LogP contribution in [0.15, 0.2) is 35.3 Å². The van der Waals surface area contributed by atoms with Gasteiger partial charge < -0.3 is 10.2 Å². The minimum atomic E-state index is -0.0282. The fraction of sp³-hybridized carbons (Fsp3) is 0.462. The van der Waals surface area contributed by atoms with Crippen molar-refractivity contribution in [3.63, 3.8) is 0 Å². The van der Waals surface area contributed by atoms with Crippen LogP contribution < -0.4 is 5.32 Å². The SMILES string of the molecule is CNCC1=N[C@@H](c2ccccc2)N(C(C)C)O1. The van der Waals surface area contributed by atoms with E-state index in [9.17, 15) is 0 Å². The van der Waals surface area contributed by atoms with E-state index in [0.717, 1.165) is 11.5 Å². The van der Waals surface area contributed by atoms with Gasteiger partial charge in [-0.3, -0.25) is 0 Å². The molecule has 4 heteroatoms. The van der Waals surface area contributed by atoms with Gasteiger partial charge in [-0.2, -0.15) is 0 Å². The van der Waals surface area contributed by atoms with E-state index in [1.165, 1.54) is 0 Å². The lowest BCUT2D eigenvalue weighted by atomic mass is 10.1. The van der Waals surface area contributed by atoms with Crippen molar-refractivity contribution in [2.45, 2.75) is 26.1 Å². The number of hydrogen-bond acceptors (Lipinski definition) is 4. The number of nitrogens with one attached hydrogen (secondary N) is 1. The molecule has 1 aliphatic rings. The minimum absolute atomic E-state index is 0.0282. The minimum Gasteiger partial charge on any atom is -0.387 e. The second-order valence-electron chi connectivity index (χ2n) is 4.38. The molecule has 0 aliphatic carbocycles. The van der Waals surface area contributed by atoms with E-state index in [2.05, 4.69) is 36.3 Å². The van der Waals surface area contributed by atoms with Gasteiger partial charge in [0.15, 0.2) is 6.17 Å². The molecule has 1 aliphatic heterocycles. The quantitative estimate of drug-likeness (QED) is 0.863.